The third-order valence-corrected chi connectivity index (χ3v) is 4.22. The van der Waals surface area contributed by atoms with Crippen molar-refractivity contribution in [3.05, 3.63) is 24.3 Å². The van der Waals surface area contributed by atoms with Crippen LogP contribution < -0.4 is 5.32 Å². The Kier molecular flexibility index (Phi) is 5.14. The van der Waals surface area contributed by atoms with Gasteiger partial charge in [-0.3, -0.25) is 4.79 Å². The van der Waals surface area contributed by atoms with Crippen LogP contribution in [-0.2, 0) is 4.79 Å². The SMILES string of the molecule is CSc1cccc(NC(C)C(=O)N2CCCCC2)c1. The van der Waals surface area contributed by atoms with E-state index in [2.05, 4.69) is 23.7 Å². The number of likely N-dealkylation sites (tertiary alicyclic amines) is 1. The first-order chi connectivity index (χ1) is 9.20. The standard InChI is InChI=1S/C15H22N2OS/c1-12(15(18)17-9-4-3-5-10-17)16-13-7-6-8-14(11-13)19-2/h6-8,11-12,16H,3-5,9-10H2,1-2H3. The molecule has 1 unspecified atom stereocenters. The molecule has 2 rings (SSSR count). The molecule has 1 atom stereocenters. The van der Waals surface area contributed by atoms with E-state index < -0.39 is 0 Å². The molecule has 0 aliphatic carbocycles. The van der Waals surface area contributed by atoms with Crippen molar-refractivity contribution >= 4 is 23.4 Å². The number of carbonyl (C=O) groups excluding carboxylic acids is 1. The quantitative estimate of drug-likeness (QED) is 0.858. The Morgan fingerprint density at radius 2 is 2.05 bits per heavy atom. The number of carbonyl (C=O) groups is 1. The van der Waals surface area contributed by atoms with Gasteiger partial charge in [-0.25, -0.2) is 0 Å². The minimum Gasteiger partial charge on any atom is -0.374 e. The van der Waals surface area contributed by atoms with Crippen LogP contribution in [0.4, 0.5) is 5.69 Å². The fourth-order valence-electron chi connectivity index (χ4n) is 2.41. The molecule has 0 saturated carbocycles. The Bertz CT molecular complexity index is 430. The van der Waals surface area contributed by atoms with Crippen molar-refractivity contribution in [2.75, 3.05) is 24.7 Å². The number of rotatable bonds is 4. The molecule has 1 aliphatic rings. The van der Waals surface area contributed by atoms with Crippen LogP contribution in [0.2, 0.25) is 0 Å². The van der Waals surface area contributed by atoms with E-state index in [0.29, 0.717) is 0 Å². The van der Waals surface area contributed by atoms with E-state index in [4.69, 9.17) is 0 Å². The van der Waals surface area contributed by atoms with E-state index in [1.165, 1.54) is 11.3 Å². The molecule has 4 heteroatoms. The predicted octanol–water partition coefficient (Wildman–Crippen LogP) is 3.22. The zero-order chi connectivity index (χ0) is 13.7. The first-order valence-electron chi connectivity index (χ1n) is 6.90. The lowest BCUT2D eigenvalue weighted by molar-refractivity contribution is -0.132. The van der Waals surface area contributed by atoms with Gasteiger partial charge in [-0.15, -0.1) is 11.8 Å². The van der Waals surface area contributed by atoms with E-state index in [1.54, 1.807) is 11.8 Å². The maximum atomic E-state index is 12.3. The van der Waals surface area contributed by atoms with E-state index in [1.807, 2.05) is 24.0 Å². The second-order valence-corrected chi connectivity index (χ2v) is 5.86. The molecule has 0 radical (unpaired) electrons. The zero-order valence-electron chi connectivity index (χ0n) is 11.7. The van der Waals surface area contributed by atoms with Crippen LogP contribution in [0.25, 0.3) is 0 Å². The topological polar surface area (TPSA) is 32.3 Å². The summed E-state index contributed by atoms with van der Waals surface area (Å²) >= 11 is 1.71. The number of nitrogens with one attached hydrogen (secondary N) is 1. The molecule has 3 nitrogen and oxygen atoms in total. The molecular weight excluding hydrogens is 256 g/mol. The molecule has 1 heterocycles. The summed E-state index contributed by atoms with van der Waals surface area (Å²) in [5.74, 6) is 0.217. The van der Waals surface area contributed by atoms with Crippen LogP contribution in [0.5, 0.6) is 0 Å². The highest BCUT2D eigenvalue weighted by Gasteiger charge is 2.21. The van der Waals surface area contributed by atoms with Gasteiger partial charge in [0.15, 0.2) is 0 Å². The molecule has 104 valence electrons. The summed E-state index contributed by atoms with van der Waals surface area (Å²) in [7, 11) is 0. The molecule has 19 heavy (non-hydrogen) atoms. The highest BCUT2D eigenvalue weighted by Crippen LogP contribution is 2.20. The number of nitrogens with zero attached hydrogens (tertiary/aromatic N) is 1. The summed E-state index contributed by atoms with van der Waals surface area (Å²) in [6.07, 6.45) is 5.59. The lowest BCUT2D eigenvalue weighted by atomic mass is 10.1. The first-order valence-corrected chi connectivity index (χ1v) is 8.12. The van der Waals surface area contributed by atoms with Crippen molar-refractivity contribution in [3.8, 4) is 0 Å². The fraction of sp³-hybridized carbons (Fsp3) is 0.533. The summed E-state index contributed by atoms with van der Waals surface area (Å²) in [6.45, 7) is 3.77. The Balaban J connectivity index is 1.95. The molecule has 0 aromatic heterocycles. The number of benzene rings is 1. The molecule has 0 bridgehead atoms. The minimum atomic E-state index is -0.157. The van der Waals surface area contributed by atoms with E-state index in [9.17, 15) is 4.79 Å². The Morgan fingerprint density at radius 3 is 2.74 bits per heavy atom. The zero-order valence-corrected chi connectivity index (χ0v) is 12.5. The van der Waals surface area contributed by atoms with Crippen molar-refractivity contribution in [2.45, 2.75) is 37.1 Å². The predicted molar refractivity (Wildman–Crippen MR) is 81.7 cm³/mol. The number of anilines is 1. The molecule has 0 spiro atoms. The van der Waals surface area contributed by atoms with Crippen LogP contribution in [0, 0.1) is 0 Å². The van der Waals surface area contributed by atoms with Crippen molar-refractivity contribution < 1.29 is 4.79 Å². The van der Waals surface area contributed by atoms with Crippen molar-refractivity contribution in [1.29, 1.82) is 0 Å². The largest absolute Gasteiger partial charge is 0.374 e. The van der Waals surface area contributed by atoms with Gasteiger partial charge >= 0.3 is 0 Å². The van der Waals surface area contributed by atoms with Crippen molar-refractivity contribution in [3.63, 3.8) is 0 Å². The van der Waals surface area contributed by atoms with Gasteiger partial charge in [0.05, 0.1) is 0 Å². The second-order valence-electron chi connectivity index (χ2n) is 4.98. The van der Waals surface area contributed by atoms with Gasteiger partial charge in [0.2, 0.25) is 5.91 Å². The molecule has 1 aromatic carbocycles. The second kappa shape index (κ2) is 6.85. The Labute approximate surface area is 119 Å². The lowest BCUT2D eigenvalue weighted by Crippen LogP contribution is -2.43. The summed E-state index contributed by atoms with van der Waals surface area (Å²) in [6, 6.07) is 8.04. The molecule has 1 fully saturated rings. The van der Waals surface area contributed by atoms with E-state index in [-0.39, 0.29) is 11.9 Å². The number of hydrogen-bond acceptors (Lipinski definition) is 3. The van der Waals surface area contributed by atoms with Gasteiger partial charge in [0.1, 0.15) is 6.04 Å². The molecular formula is C15H22N2OS. The summed E-state index contributed by atoms with van der Waals surface area (Å²) in [5, 5.41) is 3.31. The van der Waals surface area contributed by atoms with Crippen LogP contribution in [0.1, 0.15) is 26.2 Å². The van der Waals surface area contributed by atoms with E-state index >= 15 is 0 Å². The van der Waals surface area contributed by atoms with Gasteiger partial charge in [-0.05, 0) is 50.6 Å². The molecule has 1 aromatic rings. The van der Waals surface area contributed by atoms with Gasteiger partial charge in [-0.2, -0.15) is 0 Å². The van der Waals surface area contributed by atoms with Crippen LogP contribution in [0.15, 0.2) is 29.2 Å². The third kappa shape index (κ3) is 3.90. The molecule has 1 amide bonds. The Morgan fingerprint density at radius 1 is 1.32 bits per heavy atom. The smallest absolute Gasteiger partial charge is 0.244 e. The minimum absolute atomic E-state index is 0.157. The van der Waals surface area contributed by atoms with Gasteiger partial charge in [0, 0.05) is 23.7 Å². The highest BCUT2D eigenvalue weighted by atomic mass is 32.2. The third-order valence-electron chi connectivity index (χ3n) is 3.49. The normalized spacial score (nSPS) is 17.1. The average Bonchev–Trinajstić information content (AvgIpc) is 2.47. The van der Waals surface area contributed by atoms with Crippen molar-refractivity contribution in [2.24, 2.45) is 0 Å². The number of thioether (sulfide) groups is 1. The van der Waals surface area contributed by atoms with E-state index in [0.717, 1.165) is 31.6 Å². The summed E-state index contributed by atoms with van der Waals surface area (Å²) < 4.78 is 0. The molecule has 1 saturated heterocycles. The average molecular weight is 278 g/mol. The number of piperidine rings is 1. The van der Waals surface area contributed by atoms with Crippen LogP contribution in [-0.4, -0.2) is 36.2 Å². The molecule has 1 aliphatic heterocycles. The molecule has 1 N–H and O–H groups in total. The monoisotopic (exact) mass is 278 g/mol. The maximum absolute atomic E-state index is 12.3. The number of hydrogen-bond donors (Lipinski definition) is 1. The Hall–Kier alpha value is -1.16. The summed E-state index contributed by atoms with van der Waals surface area (Å²) in [5.41, 5.74) is 1.02. The van der Waals surface area contributed by atoms with Crippen molar-refractivity contribution in [1.82, 2.24) is 4.90 Å². The van der Waals surface area contributed by atoms with Crippen LogP contribution >= 0.6 is 11.8 Å². The number of amides is 1. The highest BCUT2D eigenvalue weighted by molar-refractivity contribution is 7.98. The van der Waals surface area contributed by atoms with Crippen LogP contribution in [0.3, 0.4) is 0 Å². The van der Waals surface area contributed by atoms with Gasteiger partial charge < -0.3 is 10.2 Å². The fourth-order valence-corrected chi connectivity index (χ4v) is 2.87. The lowest BCUT2D eigenvalue weighted by Gasteiger charge is -2.29. The first kappa shape index (κ1) is 14.3. The van der Waals surface area contributed by atoms with Gasteiger partial charge in [-0.1, -0.05) is 6.07 Å². The van der Waals surface area contributed by atoms with Gasteiger partial charge in [0.25, 0.3) is 0 Å². The maximum Gasteiger partial charge on any atom is 0.244 e. The summed E-state index contributed by atoms with van der Waals surface area (Å²) in [4.78, 5) is 15.5.